The topological polar surface area (TPSA) is 62.5 Å². The maximum atomic E-state index is 13.2. The fraction of sp³-hybridized carbons (Fsp3) is 0.412. The Labute approximate surface area is 149 Å². The van der Waals surface area contributed by atoms with Crippen molar-refractivity contribution in [2.45, 2.75) is 32.7 Å². The van der Waals surface area contributed by atoms with Crippen LogP contribution < -0.4 is 10.6 Å². The summed E-state index contributed by atoms with van der Waals surface area (Å²) >= 11 is 3.20. The summed E-state index contributed by atoms with van der Waals surface area (Å²) in [7, 11) is 1.71. The zero-order valence-electron chi connectivity index (χ0n) is 14.1. The molecule has 2 aromatic rings. The van der Waals surface area contributed by atoms with Gasteiger partial charge in [0, 0.05) is 19.7 Å². The van der Waals surface area contributed by atoms with Gasteiger partial charge in [-0.05, 0) is 46.0 Å². The molecule has 5 nitrogen and oxygen atoms in total. The Hall–Kier alpha value is -1.89. The van der Waals surface area contributed by atoms with E-state index in [9.17, 15) is 4.39 Å². The van der Waals surface area contributed by atoms with Gasteiger partial charge in [0.05, 0.1) is 16.7 Å². The minimum atomic E-state index is -0.253. The molecule has 1 heterocycles. The molecule has 0 amide bonds. The van der Waals surface area contributed by atoms with Gasteiger partial charge in [-0.25, -0.2) is 4.39 Å². The zero-order valence-corrected chi connectivity index (χ0v) is 15.7. The lowest BCUT2D eigenvalue weighted by Crippen LogP contribution is -2.37. The number of guanidine groups is 1. The Balaban J connectivity index is 1.78. The highest BCUT2D eigenvalue weighted by atomic mass is 79.9. The predicted octanol–water partition coefficient (Wildman–Crippen LogP) is 3.61. The average molecular weight is 397 g/mol. The van der Waals surface area contributed by atoms with Gasteiger partial charge in [-0.3, -0.25) is 4.99 Å². The van der Waals surface area contributed by atoms with Gasteiger partial charge in [0.15, 0.2) is 11.7 Å². The number of benzene rings is 1. The number of rotatable bonds is 6. The molecule has 0 bridgehead atoms. The molecule has 0 aliphatic rings. The Bertz CT molecular complexity index is 700. The molecule has 0 radical (unpaired) electrons. The lowest BCUT2D eigenvalue weighted by atomic mass is 10.1. The molecule has 0 saturated carbocycles. The maximum Gasteiger partial charge on any atom is 0.191 e. The molecular weight excluding hydrogens is 375 g/mol. The SMILES string of the molecule is CN=C(NCCc1ccc(F)c(Br)c1)NCc1cc(C(C)C)no1. The van der Waals surface area contributed by atoms with Crippen molar-refractivity contribution in [1.29, 1.82) is 0 Å². The van der Waals surface area contributed by atoms with E-state index in [0.717, 1.165) is 23.4 Å². The molecule has 0 spiro atoms. The van der Waals surface area contributed by atoms with Crippen molar-refractivity contribution in [3.05, 3.63) is 51.6 Å². The van der Waals surface area contributed by atoms with Crippen LogP contribution in [0.3, 0.4) is 0 Å². The minimum Gasteiger partial charge on any atom is -0.359 e. The second-order valence-electron chi connectivity index (χ2n) is 5.72. The predicted molar refractivity (Wildman–Crippen MR) is 96.6 cm³/mol. The minimum absolute atomic E-state index is 0.253. The second kappa shape index (κ2) is 8.82. The quantitative estimate of drug-likeness (QED) is 0.578. The van der Waals surface area contributed by atoms with E-state index >= 15 is 0 Å². The first-order valence-corrected chi connectivity index (χ1v) is 8.63. The van der Waals surface area contributed by atoms with Crippen LogP contribution in [0.5, 0.6) is 0 Å². The molecule has 7 heteroatoms. The van der Waals surface area contributed by atoms with E-state index in [0.29, 0.717) is 29.4 Å². The van der Waals surface area contributed by atoms with Crippen molar-refractivity contribution in [2.75, 3.05) is 13.6 Å². The third-order valence-electron chi connectivity index (χ3n) is 3.51. The van der Waals surface area contributed by atoms with E-state index in [2.05, 4.69) is 50.6 Å². The smallest absolute Gasteiger partial charge is 0.191 e. The number of nitrogens with one attached hydrogen (secondary N) is 2. The molecule has 0 saturated heterocycles. The molecular formula is C17H22BrFN4O. The van der Waals surface area contributed by atoms with Gasteiger partial charge in [-0.2, -0.15) is 0 Å². The van der Waals surface area contributed by atoms with Crippen LogP contribution in [0, 0.1) is 5.82 Å². The number of aromatic nitrogens is 1. The first-order valence-electron chi connectivity index (χ1n) is 7.83. The molecule has 1 aromatic heterocycles. The molecule has 0 aliphatic carbocycles. The Kier molecular flexibility index (Phi) is 6.78. The van der Waals surface area contributed by atoms with E-state index < -0.39 is 0 Å². The van der Waals surface area contributed by atoms with Crippen molar-refractivity contribution in [2.24, 2.45) is 4.99 Å². The van der Waals surface area contributed by atoms with Crippen LogP contribution in [0.4, 0.5) is 4.39 Å². The first kappa shape index (κ1) is 18.4. The lowest BCUT2D eigenvalue weighted by molar-refractivity contribution is 0.372. The van der Waals surface area contributed by atoms with Gasteiger partial charge in [-0.1, -0.05) is 25.1 Å². The number of hydrogen-bond acceptors (Lipinski definition) is 3. The second-order valence-corrected chi connectivity index (χ2v) is 6.58. The fourth-order valence-electron chi connectivity index (χ4n) is 2.10. The summed E-state index contributed by atoms with van der Waals surface area (Å²) in [5.74, 6) is 1.54. The van der Waals surface area contributed by atoms with Crippen LogP contribution in [0.2, 0.25) is 0 Å². The number of nitrogens with zero attached hydrogens (tertiary/aromatic N) is 2. The van der Waals surface area contributed by atoms with Crippen molar-refractivity contribution in [1.82, 2.24) is 15.8 Å². The lowest BCUT2D eigenvalue weighted by Gasteiger charge is -2.11. The van der Waals surface area contributed by atoms with Gasteiger partial charge in [0.2, 0.25) is 0 Å². The molecule has 2 N–H and O–H groups in total. The summed E-state index contributed by atoms with van der Waals surface area (Å²) in [5.41, 5.74) is 1.99. The average Bonchev–Trinajstić information content (AvgIpc) is 3.03. The zero-order chi connectivity index (χ0) is 17.5. The van der Waals surface area contributed by atoms with Crippen LogP contribution >= 0.6 is 15.9 Å². The van der Waals surface area contributed by atoms with Crippen LogP contribution in [-0.4, -0.2) is 24.7 Å². The van der Waals surface area contributed by atoms with Gasteiger partial charge >= 0.3 is 0 Å². The molecule has 0 fully saturated rings. The highest BCUT2D eigenvalue weighted by Crippen LogP contribution is 2.17. The van der Waals surface area contributed by atoms with E-state index in [-0.39, 0.29) is 5.82 Å². The largest absolute Gasteiger partial charge is 0.359 e. The number of halogens is 2. The van der Waals surface area contributed by atoms with Crippen molar-refractivity contribution >= 4 is 21.9 Å². The van der Waals surface area contributed by atoms with E-state index in [4.69, 9.17) is 4.52 Å². The first-order chi connectivity index (χ1) is 11.5. The monoisotopic (exact) mass is 396 g/mol. The summed E-state index contributed by atoms with van der Waals surface area (Å²) in [6.07, 6.45) is 0.763. The van der Waals surface area contributed by atoms with Crippen molar-refractivity contribution in [3.8, 4) is 0 Å². The Morgan fingerprint density at radius 3 is 2.75 bits per heavy atom. The summed E-state index contributed by atoms with van der Waals surface area (Å²) in [6.45, 7) is 5.35. The highest BCUT2D eigenvalue weighted by Gasteiger charge is 2.08. The molecule has 0 aliphatic heterocycles. The van der Waals surface area contributed by atoms with Crippen molar-refractivity contribution < 1.29 is 8.91 Å². The van der Waals surface area contributed by atoms with Crippen molar-refractivity contribution in [3.63, 3.8) is 0 Å². The fourth-order valence-corrected chi connectivity index (χ4v) is 2.52. The van der Waals surface area contributed by atoms with Gasteiger partial charge in [0.25, 0.3) is 0 Å². The van der Waals surface area contributed by atoms with Crippen LogP contribution in [0.25, 0.3) is 0 Å². The number of aliphatic imine (C=N–C) groups is 1. The third-order valence-corrected chi connectivity index (χ3v) is 4.12. The summed E-state index contributed by atoms with van der Waals surface area (Å²) in [5, 5.41) is 10.4. The Morgan fingerprint density at radius 1 is 1.33 bits per heavy atom. The normalized spacial score (nSPS) is 11.8. The maximum absolute atomic E-state index is 13.2. The molecule has 2 rings (SSSR count). The highest BCUT2D eigenvalue weighted by molar-refractivity contribution is 9.10. The summed E-state index contributed by atoms with van der Waals surface area (Å²) < 4.78 is 19.0. The van der Waals surface area contributed by atoms with Crippen LogP contribution in [0.15, 0.2) is 38.3 Å². The third kappa shape index (κ3) is 5.33. The number of hydrogen-bond donors (Lipinski definition) is 2. The van der Waals surface area contributed by atoms with Crippen LogP contribution in [0.1, 0.15) is 36.8 Å². The van der Waals surface area contributed by atoms with Crippen LogP contribution in [-0.2, 0) is 13.0 Å². The molecule has 1 aromatic carbocycles. The van der Waals surface area contributed by atoms with Gasteiger partial charge < -0.3 is 15.2 Å². The summed E-state index contributed by atoms with van der Waals surface area (Å²) in [6, 6.07) is 6.97. The van der Waals surface area contributed by atoms with E-state index in [1.54, 1.807) is 19.2 Å². The Morgan fingerprint density at radius 2 is 2.12 bits per heavy atom. The molecule has 0 atom stereocenters. The van der Waals surface area contributed by atoms with Gasteiger partial charge in [-0.15, -0.1) is 0 Å². The molecule has 0 unspecified atom stereocenters. The van der Waals surface area contributed by atoms with E-state index in [1.807, 2.05) is 6.07 Å². The standard InChI is InChI=1S/C17H22BrFN4O/c1-11(2)16-9-13(24-23-16)10-22-17(20-3)21-7-6-12-4-5-15(19)14(18)8-12/h4-5,8-9,11H,6-7,10H2,1-3H3,(H2,20,21,22). The van der Waals surface area contributed by atoms with E-state index in [1.165, 1.54) is 6.07 Å². The molecule has 24 heavy (non-hydrogen) atoms. The summed E-state index contributed by atoms with van der Waals surface area (Å²) in [4.78, 5) is 4.17. The van der Waals surface area contributed by atoms with Gasteiger partial charge in [0.1, 0.15) is 5.82 Å². The molecule has 130 valence electrons.